The number of hydrogen-bond acceptors (Lipinski definition) is 4. The van der Waals surface area contributed by atoms with Crippen LogP contribution in [0.3, 0.4) is 0 Å². The topological polar surface area (TPSA) is 63.5 Å². The normalized spacial score (nSPS) is 14.9. The Kier molecular flexibility index (Phi) is 3.19. The van der Waals surface area contributed by atoms with Crippen molar-refractivity contribution in [3.8, 4) is 0 Å². The van der Waals surface area contributed by atoms with Gasteiger partial charge in [-0.05, 0) is 32.0 Å². The van der Waals surface area contributed by atoms with Crippen LogP contribution in [-0.2, 0) is 0 Å². The van der Waals surface area contributed by atoms with Gasteiger partial charge in [0.2, 0.25) is 0 Å². The number of nitrogens with zero attached hydrogens (tertiary/aromatic N) is 2. The molecule has 0 bridgehead atoms. The third kappa shape index (κ3) is 2.88. The van der Waals surface area contributed by atoms with Crippen LogP contribution >= 0.6 is 0 Å². The Morgan fingerprint density at radius 1 is 1.41 bits per heavy atom. The standard InChI is InChI=1S/C12H14N2O3/c1-13(10-6-7-10)8-12(15)9-2-4-11(5-3-9)14(16)17/h2-5,10H,6-8H2,1H3. The van der Waals surface area contributed by atoms with Crippen molar-refractivity contribution in [2.75, 3.05) is 13.6 Å². The lowest BCUT2D eigenvalue weighted by molar-refractivity contribution is -0.384. The van der Waals surface area contributed by atoms with Gasteiger partial charge < -0.3 is 0 Å². The molecule has 5 nitrogen and oxygen atoms in total. The number of carbonyl (C=O) groups is 1. The molecular formula is C12H14N2O3. The van der Waals surface area contributed by atoms with Crippen LogP contribution in [0.2, 0.25) is 0 Å². The zero-order valence-electron chi connectivity index (χ0n) is 9.63. The van der Waals surface area contributed by atoms with E-state index in [-0.39, 0.29) is 11.5 Å². The quantitative estimate of drug-likeness (QED) is 0.443. The van der Waals surface area contributed by atoms with Gasteiger partial charge in [-0.15, -0.1) is 0 Å². The number of rotatable bonds is 5. The van der Waals surface area contributed by atoms with Gasteiger partial charge in [-0.3, -0.25) is 19.8 Å². The van der Waals surface area contributed by atoms with E-state index in [0.29, 0.717) is 18.2 Å². The van der Waals surface area contributed by atoms with E-state index in [0.717, 1.165) is 12.8 Å². The van der Waals surface area contributed by atoms with Crippen LogP contribution in [0.25, 0.3) is 0 Å². The highest BCUT2D eigenvalue weighted by molar-refractivity contribution is 5.97. The molecule has 2 rings (SSSR count). The smallest absolute Gasteiger partial charge is 0.269 e. The highest BCUT2D eigenvalue weighted by Crippen LogP contribution is 2.25. The first-order valence-electron chi connectivity index (χ1n) is 5.56. The Bertz CT molecular complexity index is 438. The van der Waals surface area contributed by atoms with Crippen molar-refractivity contribution < 1.29 is 9.72 Å². The lowest BCUT2D eigenvalue weighted by Crippen LogP contribution is -2.27. The molecule has 1 fully saturated rings. The predicted octanol–water partition coefficient (Wildman–Crippen LogP) is 1.87. The molecule has 17 heavy (non-hydrogen) atoms. The minimum atomic E-state index is -0.468. The zero-order valence-corrected chi connectivity index (χ0v) is 9.63. The molecule has 1 aromatic carbocycles. The number of ketones is 1. The zero-order chi connectivity index (χ0) is 12.4. The Hall–Kier alpha value is -1.75. The van der Waals surface area contributed by atoms with Gasteiger partial charge in [0.05, 0.1) is 11.5 Å². The molecule has 0 spiro atoms. The number of carbonyl (C=O) groups excluding carboxylic acids is 1. The number of hydrogen-bond donors (Lipinski definition) is 0. The number of nitro benzene ring substituents is 1. The summed E-state index contributed by atoms with van der Waals surface area (Å²) >= 11 is 0. The van der Waals surface area contributed by atoms with Crippen LogP contribution in [0.5, 0.6) is 0 Å². The van der Waals surface area contributed by atoms with Gasteiger partial charge in [0.25, 0.3) is 5.69 Å². The van der Waals surface area contributed by atoms with E-state index in [9.17, 15) is 14.9 Å². The maximum Gasteiger partial charge on any atom is 0.269 e. The third-order valence-electron chi connectivity index (χ3n) is 2.96. The fourth-order valence-electron chi connectivity index (χ4n) is 1.73. The molecule has 0 saturated heterocycles. The maximum absolute atomic E-state index is 11.9. The second kappa shape index (κ2) is 4.63. The number of Topliss-reactive ketones (excluding diaryl/α,β-unsaturated/α-hetero) is 1. The summed E-state index contributed by atoms with van der Waals surface area (Å²) in [7, 11) is 1.93. The molecular weight excluding hydrogens is 220 g/mol. The second-order valence-electron chi connectivity index (χ2n) is 4.37. The Balaban J connectivity index is 2.00. The average Bonchev–Trinajstić information content (AvgIpc) is 3.12. The molecule has 0 aromatic heterocycles. The molecule has 0 unspecified atom stereocenters. The Morgan fingerprint density at radius 3 is 2.47 bits per heavy atom. The first kappa shape index (κ1) is 11.7. The summed E-state index contributed by atoms with van der Waals surface area (Å²) in [5.74, 6) is 0.00861. The number of nitro groups is 1. The van der Waals surface area contributed by atoms with Gasteiger partial charge in [-0.1, -0.05) is 0 Å². The van der Waals surface area contributed by atoms with E-state index < -0.39 is 4.92 Å². The highest BCUT2D eigenvalue weighted by atomic mass is 16.6. The van der Waals surface area contributed by atoms with E-state index in [1.807, 2.05) is 11.9 Å². The molecule has 0 amide bonds. The number of likely N-dealkylation sites (N-methyl/N-ethyl adjacent to an activating group) is 1. The first-order chi connectivity index (χ1) is 8.08. The van der Waals surface area contributed by atoms with Gasteiger partial charge in [0.1, 0.15) is 0 Å². The largest absolute Gasteiger partial charge is 0.296 e. The molecule has 0 atom stereocenters. The third-order valence-corrected chi connectivity index (χ3v) is 2.96. The summed E-state index contributed by atoms with van der Waals surface area (Å²) in [6.07, 6.45) is 2.31. The van der Waals surface area contributed by atoms with E-state index in [1.165, 1.54) is 24.3 Å². The Labute approximate surface area is 99.2 Å². The lowest BCUT2D eigenvalue weighted by atomic mass is 10.1. The summed E-state index contributed by atoms with van der Waals surface area (Å²) in [6, 6.07) is 6.30. The van der Waals surface area contributed by atoms with Crippen LogP contribution in [0, 0.1) is 10.1 Å². The molecule has 0 aliphatic heterocycles. The van der Waals surface area contributed by atoms with Crippen LogP contribution in [-0.4, -0.2) is 35.2 Å². The van der Waals surface area contributed by atoms with Gasteiger partial charge in [0.15, 0.2) is 5.78 Å². The molecule has 0 N–H and O–H groups in total. The van der Waals surface area contributed by atoms with Crippen molar-refractivity contribution in [2.45, 2.75) is 18.9 Å². The van der Waals surface area contributed by atoms with Crippen LogP contribution in [0.15, 0.2) is 24.3 Å². The fraction of sp³-hybridized carbons (Fsp3) is 0.417. The Morgan fingerprint density at radius 2 is 2.00 bits per heavy atom. The summed E-state index contributed by atoms with van der Waals surface area (Å²) in [5.41, 5.74) is 0.542. The van der Waals surface area contributed by atoms with Gasteiger partial charge in [-0.2, -0.15) is 0 Å². The van der Waals surface area contributed by atoms with Gasteiger partial charge in [0, 0.05) is 23.7 Å². The van der Waals surface area contributed by atoms with Crippen molar-refractivity contribution in [2.24, 2.45) is 0 Å². The average molecular weight is 234 g/mol. The number of non-ortho nitro benzene ring substituents is 1. The highest BCUT2D eigenvalue weighted by Gasteiger charge is 2.27. The fourth-order valence-corrected chi connectivity index (χ4v) is 1.73. The molecule has 5 heteroatoms. The van der Waals surface area contributed by atoms with Gasteiger partial charge >= 0.3 is 0 Å². The second-order valence-corrected chi connectivity index (χ2v) is 4.37. The molecule has 1 saturated carbocycles. The summed E-state index contributed by atoms with van der Waals surface area (Å²) in [5, 5.41) is 10.5. The van der Waals surface area contributed by atoms with Crippen LogP contribution in [0.4, 0.5) is 5.69 Å². The SMILES string of the molecule is CN(CC(=O)c1ccc([N+](=O)[O-])cc1)C1CC1. The van der Waals surface area contributed by atoms with Crippen molar-refractivity contribution in [1.82, 2.24) is 4.90 Å². The molecule has 0 heterocycles. The molecule has 90 valence electrons. The van der Waals surface area contributed by atoms with Crippen molar-refractivity contribution in [1.29, 1.82) is 0 Å². The minimum Gasteiger partial charge on any atom is -0.296 e. The minimum absolute atomic E-state index is 0.00861. The molecule has 1 aliphatic rings. The number of benzene rings is 1. The monoisotopic (exact) mass is 234 g/mol. The summed E-state index contributed by atoms with van der Waals surface area (Å²) in [4.78, 5) is 23.9. The van der Waals surface area contributed by atoms with Crippen molar-refractivity contribution in [3.05, 3.63) is 39.9 Å². The maximum atomic E-state index is 11.9. The summed E-state index contributed by atoms with van der Waals surface area (Å²) < 4.78 is 0. The van der Waals surface area contributed by atoms with E-state index in [4.69, 9.17) is 0 Å². The van der Waals surface area contributed by atoms with Crippen molar-refractivity contribution >= 4 is 11.5 Å². The van der Waals surface area contributed by atoms with Crippen molar-refractivity contribution in [3.63, 3.8) is 0 Å². The van der Waals surface area contributed by atoms with Crippen LogP contribution < -0.4 is 0 Å². The van der Waals surface area contributed by atoms with E-state index in [2.05, 4.69) is 0 Å². The van der Waals surface area contributed by atoms with E-state index >= 15 is 0 Å². The summed E-state index contributed by atoms with van der Waals surface area (Å²) in [6.45, 7) is 0.377. The molecule has 0 radical (unpaired) electrons. The predicted molar refractivity (Wildman–Crippen MR) is 63.1 cm³/mol. The molecule has 1 aliphatic carbocycles. The van der Waals surface area contributed by atoms with Crippen LogP contribution in [0.1, 0.15) is 23.2 Å². The molecule has 1 aromatic rings. The van der Waals surface area contributed by atoms with Gasteiger partial charge in [-0.25, -0.2) is 0 Å². The lowest BCUT2D eigenvalue weighted by Gasteiger charge is -2.14. The van der Waals surface area contributed by atoms with E-state index in [1.54, 1.807) is 0 Å². The first-order valence-corrected chi connectivity index (χ1v) is 5.56.